The van der Waals surface area contributed by atoms with Crippen molar-refractivity contribution in [2.45, 2.75) is 0 Å². The molecule has 0 spiro atoms. The van der Waals surface area contributed by atoms with Gasteiger partial charge < -0.3 is 4.42 Å². The van der Waals surface area contributed by atoms with Crippen molar-refractivity contribution in [3.05, 3.63) is 188 Å². The van der Waals surface area contributed by atoms with Gasteiger partial charge in [0.05, 0.1) is 0 Å². The average Bonchev–Trinajstić information content (AvgIpc) is 3.65. The molecule has 256 valence electrons. The molecular weight excluding hydrogens is 671 g/mol. The standard InChI is InChI=1S/C51H31N3O/c1-2-11-36-30-40(27-19-32(36)9-1)50-52-49(35-22-20-34(21-23-35)43-15-7-12-33-10-3-4-13-42(33)43)53-51(54-50)41-28-25-37-29-39(26-24-38(37)31-41)44-16-8-18-47-48(44)45-14-5-6-17-46(45)55-47/h1-31H. The summed E-state index contributed by atoms with van der Waals surface area (Å²) in [5.74, 6) is 1.90. The Morgan fingerprint density at radius 1 is 0.291 bits per heavy atom. The van der Waals surface area contributed by atoms with Crippen molar-refractivity contribution in [2.75, 3.05) is 0 Å². The molecule has 0 bridgehead atoms. The predicted molar refractivity (Wildman–Crippen MR) is 227 cm³/mol. The maximum Gasteiger partial charge on any atom is 0.164 e. The van der Waals surface area contributed by atoms with Crippen molar-refractivity contribution in [1.29, 1.82) is 0 Å². The summed E-state index contributed by atoms with van der Waals surface area (Å²) < 4.78 is 6.19. The maximum absolute atomic E-state index is 6.19. The zero-order valence-electron chi connectivity index (χ0n) is 29.6. The molecule has 2 heterocycles. The molecule has 9 aromatic carbocycles. The third-order valence-corrected chi connectivity index (χ3v) is 10.7. The van der Waals surface area contributed by atoms with E-state index in [9.17, 15) is 0 Å². The van der Waals surface area contributed by atoms with Crippen LogP contribution in [0, 0.1) is 0 Å². The van der Waals surface area contributed by atoms with E-state index in [-0.39, 0.29) is 0 Å². The molecule has 2 aromatic heterocycles. The van der Waals surface area contributed by atoms with Gasteiger partial charge in [0.25, 0.3) is 0 Å². The zero-order valence-corrected chi connectivity index (χ0v) is 29.6. The van der Waals surface area contributed by atoms with Gasteiger partial charge in [-0.1, -0.05) is 158 Å². The average molecular weight is 702 g/mol. The highest BCUT2D eigenvalue weighted by molar-refractivity contribution is 6.13. The summed E-state index contributed by atoms with van der Waals surface area (Å²) in [5.41, 5.74) is 9.25. The summed E-state index contributed by atoms with van der Waals surface area (Å²) in [6.07, 6.45) is 0. The van der Waals surface area contributed by atoms with Crippen LogP contribution in [0.5, 0.6) is 0 Å². The van der Waals surface area contributed by atoms with E-state index < -0.39 is 0 Å². The van der Waals surface area contributed by atoms with Gasteiger partial charge in [-0.2, -0.15) is 0 Å². The quantitative estimate of drug-likeness (QED) is 0.179. The van der Waals surface area contributed by atoms with Crippen molar-refractivity contribution in [2.24, 2.45) is 0 Å². The van der Waals surface area contributed by atoms with Crippen LogP contribution >= 0.6 is 0 Å². The van der Waals surface area contributed by atoms with Crippen molar-refractivity contribution in [3.8, 4) is 56.4 Å². The first-order valence-electron chi connectivity index (χ1n) is 18.5. The fraction of sp³-hybridized carbons (Fsp3) is 0. The monoisotopic (exact) mass is 701 g/mol. The second-order valence-electron chi connectivity index (χ2n) is 14.0. The highest BCUT2D eigenvalue weighted by atomic mass is 16.3. The van der Waals surface area contributed by atoms with Crippen LogP contribution in [0.25, 0.3) is 111 Å². The third kappa shape index (κ3) is 5.43. The number of hydrogen-bond donors (Lipinski definition) is 0. The molecule has 0 radical (unpaired) electrons. The Morgan fingerprint density at radius 3 is 1.53 bits per heavy atom. The number of nitrogens with zero attached hydrogens (tertiary/aromatic N) is 3. The summed E-state index contributed by atoms with van der Waals surface area (Å²) in [5, 5.41) is 9.28. The van der Waals surface area contributed by atoms with Crippen molar-refractivity contribution < 1.29 is 4.42 Å². The molecule has 0 fully saturated rings. The van der Waals surface area contributed by atoms with E-state index in [1.807, 2.05) is 18.2 Å². The number of furan rings is 1. The largest absolute Gasteiger partial charge is 0.456 e. The van der Waals surface area contributed by atoms with E-state index >= 15 is 0 Å². The van der Waals surface area contributed by atoms with E-state index in [0.29, 0.717) is 17.5 Å². The summed E-state index contributed by atoms with van der Waals surface area (Å²) in [6.45, 7) is 0. The van der Waals surface area contributed by atoms with Crippen molar-refractivity contribution in [1.82, 2.24) is 15.0 Å². The Bertz CT molecular complexity index is 3270. The second kappa shape index (κ2) is 12.6. The molecule has 0 saturated heterocycles. The highest BCUT2D eigenvalue weighted by Crippen LogP contribution is 2.38. The van der Waals surface area contributed by atoms with Gasteiger partial charge in [-0.25, -0.2) is 15.0 Å². The molecule has 0 aliphatic carbocycles. The van der Waals surface area contributed by atoms with Gasteiger partial charge in [-0.15, -0.1) is 0 Å². The molecule has 0 unspecified atom stereocenters. The van der Waals surface area contributed by atoms with Crippen LogP contribution in [-0.4, -0.2) is 15.0 Å². The zero-order chi connectivity index (χ0) is 36.3. The van der Waals surface area contributed by atoms with Gasteiger partial charge >= 0.3 is 0 Å². The summed E-state index contributed by atoms with van der Waals surface area (Å²) >= 11 is 0. The molecule has 11 aromatic rings. The summed E-state index contributed by atoms with van der Waals surface area (Å²) in [7, 11) is 0. The van der Waals surface area contributed by atoms with Gasteiger partial charge in [-0.05, 0) is 84.9 Å². The number of rotatable bonds is 5. The maximum atomic E-state index is 6.19. The Balaban J connectivity index is 1.02. The molecular formula is C51H31N3O. The Hall–Kier alpha value is -7.43. The molecule has 0 aliphatic rings. The minimum atomic E-state index is 0.631. The van der Waals surface area contributed by atoms with E-state index in [1.165, 1.54) is 21.7 Å². The highest BCUT2D eigenvalue weighted by Gasteiger charge is 2.16. The normalized spacial score (nSPS) is 11.6. The molecule has 4 heteroatoms. The fourth-order valence-corrected chi connectivity index (χ4v) is 7.94. The first-order valence-corrected chi connectivity index (χ1v) is 18.5. The van der Waals surface area contributed by atoms with Crippen LogP contribution in [0.4, 0.5) is 0 Å². The van der Waals surface area contributed by atoms with E-state index in [0.717, 1.165) is 71.5 Å². The molecule has 0 saturated carbocycles. The number of benzene rings is 9. The van der Waals surface area contributed by atoms with Gasteiger partial charge in [0.15, 0.2) is 17.5 Å². The lowest BCUT2D eigenvalue weighted by atomic mass is 9.96. The summed E-state index contributed by atoms with van der Waals surface area (Å²) in [4.78, 5) is 15.3. The van der Waals surface area contributed by atoms with Crippen LogP contribution in [0.3, 0.4) is 0 Å². The van der Waals surface area contributed by atoms with Crippen LogP contribution < -0.4 is 0 Å². The molecule has 11 rings (SSSR count). The predicted octanol–water partition coefficient (Wildman–Crippen LogP) is 13.6. The summed E-state index contributed by atoms with van der Waals surface area (Å²) in [6, 6.07) is 65.9. The smallest absolute Gasteiger partial charge is 0.164 e. The van der Waals surface area contributed by atoms with Gasteiger partial charge in [0.1, 0.15) is 11.2 Å². The van der Waals surface area contributed by atoms with Crippen LogP contribution in [0.2, 0.25) is 0 Å². The number of aromatic nitrogens is 3. The Labute approximate surface area is 317 Å². The van der Waals surface area contributed by atoms with Crippen LogP contribution in [0.1, 0.15) is 0 Å². The van der Waals surface area contributed by atoms with Crippen molar-refractivity contribution in [3.63, 3.8) is 0 Å². The van der Waals surface area contributed by atoms with Gasteiger partial charge in [-0.3, -0.25) is 0 Å². The molecule has 4 nitrogen and oxygen atoms in total. The number of hydrogen-bond acceptors (Lipinski definition) is 4. The van der Waals surface area contributed by atoms with Crippen molar-refractivity contribution >= 4 is 54.3 Å². The minimum absolute atomic E-state index is 0.631. The van der Waals surface area contributed by atoms with Crippen LogP contribution in [0.15, 0.2) is 192 Å². The van der Waals surface area contributed by atoms with Gasteiger partial charge in [0, 0.05) is 27.5 Å². The lowest BCUT2D eigenvalue weighted by Gasteiger charge is -2.11. The lowest BCUT2D eigenvalue weighted by molar-refractivity contribution is 0.669. The van der Waals surface area contributed by atoms with E-state index in [1.54, 1.807) is 0 Å². The molecule has 0 aliphatic heterocycles. The second-order valence-corrected chi connectivity index (χ2v) is 14.0. The topological polar surface area (TPSA) is 51.8 Å². The third-order valence-electron chi connectivity index (χ3n) is 10.7. The molecule has 55 heavy (non-hydrogen) atoms. The first-order chi connectivity index (χ1) is 27.2. The SMILES string of the molecule is c1ccc2cc(-c3nc(-c4ccc(-c5cccc6ccccc56)cc4)nc(-c4ccc5cc(-c6cccc7oc8ccccc8c67)ccc5c4)n3)ccc2c1. The molecule has 0 amide bonds. The number of fused-ring (bicyclic) bond motifs is 6. The van der Waals surface area contributed by atoms with E-state index in [2.05, 4.69) is 170 Å². The Morgan fingerprint density at radius 2 is 0.764 bits per heavy atom. The molecule has 0 N–H and O–H groups in total. The Kier molecular flexibility index (Phi) is 7.14. The molecule has 0 atom stereocenters. The van der Waals surface area contributed by atoms with Crippen LogP contribution in [-0.2, 0) is 0 Å². The number of para-hydroxylation sites is 1. The minimum Gasteiger partial charge on any atom is -0.456 e. The van der Waals surface area contributed by atoms with E-state index in [4.69, 9.17) is 19.4 Å². The first kappa shape index (κ1) is 31.1. The van der Waals surface area contributed by atoms with Gasteiger partial charge in [0.2, 0.25) is 0 Å². The fourth-order valence-electron chi connectivity index (χ4n) is 7.94. The lowest BCUT2D eigenvalue weighted by Crippen LogP contribution is -2.00.